The van der Waals surface area contributed by atoms with Crippen LogP contribution in [0.25, 0.3) is 0 Å². The lowest BCUT2D eigenvalue weighted by molar-refractivity contribution is 0.0787. The largest absolute Gasteiger partial charge is 0.370 e. The smallest absolute Gasteiger partial charge is 0.253 e. The highest BCUT2D eigenvalue weighted by atomic mass is 16.2. The van der Waals surface area contributed by atoms with Crippen LogP contribution < -0.4 is 5.32 Å². The van der Waals surface area contributed by atoms with Gasteiger partial charge in [0.15, 0.2) is 0 Å². The highest BCUT2D eigenvalue weighted by molar-refractivity contribution is 5.94. The second kappa shape index (κ2) is 6.25. The second-order valence-corrected chi connectivity index (χ2v) is 5.97. The summed E-state index contributed by atoms with van der Waals surface area (Å²) in [5, 5.41) is 3.25. The average molecular weight is 275 g/mol. The molecule has 1 aliphatic rings. The van der Waals surface area contributed by atoms with E-state index in [1.54, 1.807) is 0 Å². The molecule has 1 saturated carbocycles. The third-order valence-corrected chi connectivity index (χ3v) is 3.89. The van der Waals surface area contributed by atoms with Crippen LogP contribution in [0.2, 0.25) is 0 Å². The van der Waals surface area contributed by atoms with Gasteiger partial charge in [-0.05, 0) is 43.7 Å². The van der Waals surface area contributed by atoms with Crippen molar-refractivity contribution in [2.24, 2.45) is 11.8 Å². The molecular weight excluding hydrogens is 250 g/mol. The van der Waals surface area contributed by atoms with E-state index in [2.05, 4.69) is 24.1 Å². The SMILES string of the molecule is CCCNc1cc(C(=O)N(C)CC2CC2C)cc(C)n1. The summed E-state index contributed by atoms with van der Waals surface area (Å²) < 4.78 is 0. The van der Waals surface area contributed by atoms with Crippen molar-refractivity contribution in [2.45, 2.75) is 33.6 Å². The summed E-state index contributed by atoms with van der Waals surface area (Å²) in [7, 11) is 1.89. The first-order valence-corrected chi connectivity index (χ1v) is 7.49. The van der Waals surface area contributed by atoms with E-state index in [-0.39, 0.29) is 5.91 Å². The standard InChI is InChI=1S/C16H25N3O/c1-5-6-17-15-9-13(8-12(3)18-15)16(20)19(4)10-14-7-11(14)2/h8-9,11,14H,5-7,10H2,1-4H3,(H,17,18). The topological polar surface area (TPSA) is 45.2 Å². The minimum absolute atomic E-state index is 0.0918. The first-order chi connectivity index (χ1) is 9.51. The molecule has 2 atom stereocenters. The zero-order valence-electron chi connectivity index (χ0n) is 12.9. The highest BCUT2D eigenvalue weighted by Gasteiger charge is 2.34. The molecule has 0 spiro atoms. The summed E-state index contributed by atoms with van der Waals surface area (Å²) in [4.78, 5) is 18.7. The van der Waals surface area contributed by atoms with Crippen LogP contribution in [0.4, 0.5) is 5.82 Å². The van der Waals surface area contributed by atoms with Gasteiger partial charge in [0.1, 0.15) is 5.82 Å². The van der Waals surface area contributed by atoms with Gasteiger partial charge in [0.05, 0.1) is 0 Å². The van der Waals surface area contributed by atoms with Crippen molar-refractivity contribution in [3.05, 3.63) is 23.4 Å². The van der Waals surface area contributed by atoms with Crippen LogP contribution in [-0.4, -0.2) is 35.9 Å². The molecule has 0 aliphatic heterocycles. The van der Waals surface area contributed by atoms with E-state index < -0.39 is 0 Å². The van der Waals surface area contributed by atoms with Crippen molar-refractivity contribution in [3.63, 3.8) is 0 Å². The van der Waals surface area contributed by atoms with Crippen LogP contribution >= 0.6 is 0 Å². The number of anilines is 1. The van der Waals surface area contributed by atoms with Gasteiger partial charge in [0.2, 0.25) is 0 Å². The van der Waals surface area contributed by atoms with Crippen molar-refractivity contribution in [1.29, 1.82) is 0 Å². The van der Waals surface area contributed by atoms with Gasteiger partial charge in [0, 0.05) is 31.4 Å². The van der Waals surface area contributed by atoms with Gasteiger partial charge < -0.3 is 10.2 Å². The molecule has 110 valence electrons. The lowest BCUT2D eigenvalue weighted by Crippen LogP contribution is -2.29. The van der Waals surface area contributed by atoms with Crippen molar-refractivity contribution >= 4 is 11.7 Å². The fraction of sp³-hybridized carbons (Fsp3) is 0.625. The number of aromatic nitrogens is 1. The van der Waals surface area contributed by atoms with E-state index in [9.17, 15) is 4.79 Å². The van der Waals surface area contributed by atoms with Gasteiger partial charge in [-0.3, -0.25) is 4.79 Å². The molecule has 1 aliphatic carbocycles. The maximum absolute atomic E-state index is 12.5. The number of rotatable bonds is 6. The molecule has 1 aromatic rings. The first kappa shape index (κ1) is 14.8. The normalized spacial score (nSPS) is 20.6. The fourth-order valence-electron chi connectivity index (χ4n) is 2.44. The molecule has 2 rings (SSSR count). The Morgan fingerprint density at radius 1 is 1.50 bits per heavy atom. The predicted octanol–water partition coefficient (Wildman–Crippen LogP) is 2.94. The number of hydrogen-bond acceptors (Lipinski definition) is 3. The molecule has 20 heavy (non-hydrogen) atoms. The van der Waals surface area contributed by atoms with Crippen LogP contribution in [0.5, 0.6) is 0 Å². The molecular formula is C16H25N3O. The van der Waals surface area contributed by atoms with Crippen LogP contribution in [-0.2, 0) is 0 Å². The fourth-order valence-corrected chi connectivity index (χ4v) is 2.44. The monoisotopic (exact) mass is 275 g/mol. The molecule has 1 N–H and O–H groups in total. The van der Waals surface area contributed by atoms with E-state index in [4.69, 9.17) is 0 Å². The van der Waals surface area contributed by atoms with Gasteiger partial charge in [-0.2, -0.15) is 0 Å². The minimum atomic E-state index is 0.0918. The van der Waals surface area contributed by atoms with E-state index in [1.807, 2.05) is 31.0 Å². The molecule has 1 amide bonds. The molecule has 0 aromatic carbocycles. The number of aryl methyl sites for hydroxylation is 1. The van der Waals surface area contributed by atoms with Crippen molar-refractivity contribution in [3.8, 4) is 0 Å². The average Bonchev–Trinajstić information content (AvgIpc) is 3.10. The number of hydrogen-bond donors (Lipinski definition) is 1. The summed E-state index contributed by atoms with van der Waals surface area (Å²) in [6.45, 7) is 8.02. The summed E-state index contributed by atoms with van der Waals surface area (Å²) in [6.07, 6.45) is 2.29. The Morgan fingerprint density at radius 2 is 2.20 bits per heavy atom. The Labute approximate surface area is 121 Å². The Morgan fingerprint density at radius 3 is 2.80 bits per heavy atom. The summed E-state index contributed by atoms with van der Waals surface area (Å²) in [5.74, 6) is 2.34. The van der Waals surface area contributed by atoms with Crippen LogP contribution in [0.1, 0.15) is 42.7 Å². The number of nitrogens with zero attached hydrogens (tertiary/aromatic N) is 2. The van der Waals surface area contributed by atoms with Crippen LogP contribution in [0.3, 0.4) is 0 Å². The van der Waals surface area contributed by atoms with Gasteiger partial charge in [-0.1, -0.05) is 13.8 Å². The molecule has 1 aromatic heterocycles. The zero-order valence-corrected chi connectivity index (χ0v) is 12.9. The Balaban J connectivity index is 2.05. The van der Waals surface area contributed by atoms with Crippen LogP contribution in [0.15, 0.2) is 12.1 Å². The van der Waals surface area contributed by atoms with Gasteiger partial charge in [-0.25, -0.2) is 4.98 Å². The zero-order chi connectivity index (χ0) is 14.7. The minimum Gasteiger partial charge on any atom is -0.370 e. The third-order valence-electron chi connectivity index (χ3n) is 3.89. The first-order valence-electron chi connectivity index (χ1n) is 7.49. The molecule has 1 fully saturated rings. The van der Waals surface area contributed by atoms with Crippen molar-refractivity contribution in [2.75, 3.05) is 25.5 Å². The second-order valence-electron chi connectivity index (χ2n) is 5.97. The lowest BCUT2D eigenvalue weighted by atomic mass is 10.2. The molecule has 4 heteroatoms. The third kappa shape index (κ3) is 3.71. The van der Waals surface area contributed by atoms with Crippen molar-refractivity contribution in [1.82, 2.24) is 9.88 Å². The molecule has 0 bridgehead atoms. The summed E-state index contributed by atoms with van der Waals surface area (Å²) in [6, 6.07) is 3.73. The van der Waals surface area contributed by atoms with E-state index in [0.717, 1.165) is 42.5 Å². The number of amides is 1. The van der Waals surface area contributed by atoms with Crippen molar-refractivity contribution < 1.29 is 4.79 Å². The van der Waals surface area contributed by atoms with E-state index in [1.165, 1.54) is 6.42 Å². The quantitative estimate of drug-likeness (QED) is 0.868. The maximum Gasteiger partial charge on any atom is 0.253 e. The van der Waals surface area contributed by atoms with Gasteiger partial charge in [-0.15, -0.1) is 0 Å². The molecule has 4 nitrogen and oxygen atoms in total. The Bertz CT molecular complexity index is 487. The molecule has 1 heterocycles. The Hall–Kier alpha value is -1.58. The number of carbonyl (C=O) groups is 1. The lowest BCUT2D eigenvalue weighted by Gasteiger charge is -2.18. The summed E-state index contributed by atoms with van der Waals surface area (Å²) in [5.41, 5.74) is 1.61. The Kier molecular flexibility index (Phi) is 4.63. The molecule has 0 saturated heterocycles. The maximum atomic E-state index is 12.5. The summed E-state index contributed by atoms with van der Waals surface area (Å²) >= 11 is 0. The van der Waals surface area contributed by atoms with Crippen LogP contribution in [0, 0.1) is 18.8 Å². The van der Waals surface area contributed by atoms with Gasteiger partial charge in [0.25, 0.3) is 5.91 Å². The molecule has 0 radical (unpaired) electrons. The molecule has 2 unspecified atom stereocenters. The predicted molar refractivity (Wildman–Crippen MR) is 82.0 cm³/mol. The number of carbonyl (C=O) groups excluding carboxylic acids is 1. The van der Waals surface area contributed by atoms with E-state index in [0.29, 0.717) is 5.92 Å². The van der Waals surface area contributed by atoms with Gasteiger partial charge >= 0.3 is 0 Å². The van der Waals surface area contributed by atoms with E-state index >= 15 is 0 Å². The number of nitrogens with one attached hydrogen (secondary N) is 1. The number of pyridine rings is 1. The highest BCUT2D eigenvalue weighted by Crippen LogP contribution is 2.38.